The Kier molecular flexibility index (Phi) is 2.47. The summed E-state index contributed by atoms with van der Waals surface area (Å²) in [6.45, 7) is 3.92. The van der Waals surface area contributed by atoms with Gasteiger partial charge in [-0.25, -0.2) is 4.79 Å². The monoisotopic (exact) mass is 242 g/mol. The first-order valence-corrected chi connectivity index (χ1v) is 6.05. The Morgan fingerprint density at radius 3 is 2.39 bits per heavy atom. The first-order valence-electron chi connectivity index (χ1n) is 6.05. The van der Waals surface area contributed by atoms with Crippen LogP contribution in [0.1, 0.15) is 24.2 Å². The Hall–Kier alpha value is -2.03. The van der Waals surface area contributed by atoms with Crippen molar-refractivity contribution in [3.8, 4) is 5.75 Å². The van der Waals surface area contributed by atoms with Crippen LogP contribution in [0.2, 0.25) is 0 Å². The number of hydrogen-bond acceptors (Lipinski definition) is 3. The van der Waals surface area contributed by atoms with E-state index in [2.05, 4.69) is 0 Å². The topological polar surface area (TPSA) is 35.5 Å². The molecule has 1 aliphatic heterocycles. The van der Waals surface area contributed by atoms with Gasteiger partial charge in [-0.05, 0) is 22.9 Å². The first-order chi connectivity index (χ1) is 8.65. The SMILES string of the molecule is CC(C)[C@@H]1OC(=O)c2cc3ccccc3cc2O1. The number of esters is 1. The molecule has 0 amide bonds. The van der Waals surface area contributed by atoms with Crippen molar-refractivity contribution in [3.05, 3.63) is 42.0 Å². The number of fused-ring (bicyclic) bond motifs is 2. The third-order valence-electron chi connectivity index (χ3n) is 3.08. The molecule has 1 heterocycles. The van der Waals surface area contributed by atoms with Gasteiger partial charge in [0.05, 0.1) is 0 Å². The smallest absolute Gasteiger partial charge is 0.345 e. The van der Waals surface area contributed by atoms with Gasteiger partial charge in [-0.2, -0.15) is 0 Å². The molecule has 0 fully saturated rings. The zero-order valence-corrected chi connectivity index (χ0v) is 10.3. The van der Waals surface area contributed by atoms with Crippen LogP contribution in [0.15, 0.2) is 36.4 Å². The summed E-state index contributed by atoms with van der Waals surface area (Å²) < 4.78 is 11.0. The Bertz CT molecular complexity index is 616. The lowest BCUT2D eigenvalue weighted by molar-refractivity contribution is -0.0838. The predicted molar refractivity (Wildman–Crippen MR) is 68.6 cm³/mol. The van der Waals surface area contributed by atoms with Crippen molar-refractivity contribution < 1.29 is 14.3 Å². The molecule has 2 aromatic carbocycles. The quantitative estimate of drug-likeness (QED) is 0.719. The molecule has 92 valence electrons. The minimum atomic E-state index is -0.494. The number of hydrogen-bond donors (Lipinski definition) is 0. The second kappa shape index (κ2) is 4.02. The average molecular weight is 242 g/mol. The largest absolute Gasteiger partial charge is 0.454 e. The van der Waals surface area contributed by atoms with Crippen LogP contribution in [-0.4, -0.2) is 12.3 Å². The zero-order chi connectivity index (χ0) is 12.7. The highest BCUT2D eigenvalue weighted by Crippen LogP contribution is 2.32. The first kappa shape index (κ1) is 11.1. The minimum absolute atomic E-state index is 0.133. The van der Waals surface area contributed by atoms with Gasteiger partial charge in [0, 0.05) is 5.92 Å². The van der Waals surface area contributed by atoms with Gasteiger partial charge in [0.1, 0.15) is 11.3 Å². The Balaban J connectivity index is 2.13. The van der Waals surface area contributed by atoms with Crippen LogP contribution < -0.4 is 4.74 Å². The van der Waals surface area contributed by atoms with Crippen LogP contribution in [0.25, 0.3) is 10.8 Å². The molecule has 0 aromatic heterocycles. The lowest BCUT2D eigenvalue weighted by atomic mass is 10.0. The van der Waals surface area contributed by atoms with Gasteiger partial charge in [-0.1, -0.05) is 38.1 Å². The van der Waals surface area contributed by atoms with Crippen LogP contribution >= 0.6 is 0 Å². The molecule has 1 atom stereocenters. The molecule has 3 rings (SSSR count). The number of rotatable bonds is 1. The summed E-state index contributed by atoms with van der Waals surface area (Å²) in [7, 11) is 0. The van der Waals surface area contributed by atoms with Crippen molar-refractivity contribution in [1.29, 1.82) is 0 Å². The van der Waals surface area contributed by atoms with E-state index >= 15 is 0 Å². The van der Waals surface area contributed by atoms with Crippen molar-refractivity contribution in [2.45, 2.75) is 20.1 Å². The average Bonchev–Trinajstić information content (AvgIpc) is 2.36. The van der Waals surface area contributed by atoms with Crippen molar-refractivity contribution >= 4 is 16.7 Å². The molecule has 0 spiro atoms. The van der Waals surface area contributed by atoms with E-state index in [-0.39, 0.29) is 11.9 Å². The zero-order valence-electron chi connectivity index (χ0n) is 10.3. The molecule has 0 saturated carbocycles. The molecular formula is C15H14O3. The van der Waals surface area contributed by atoms with Crippen molar-refractivity contribution in [3.63, 3.8) is 0 Å². The van der Waals surface area contributed by atoms with Crippen LogP contribution in [0.4, 0.5) is 0 Å². The Labute approximate surface area is 105 Å². The third kappa shape index (κ3) is 1.72. The van der Waals surface area contributed by atoms with E-state index in [0.29, 0.717) is 11.3 Å². The standard InChI is InChI=1S/C15H14O3/c1-9(2)15-17-13-8-11-6-4-3-5-10(11)7-12(13)14(16)18-15/h3-9,15H,1-2H3/t15-/m0/s1. The molecule has 3 nitrogen and oxygen atoms in total. The summed E-state index contributed by atoms with van der Waals surface area (Å²) in [5, 5.41) is 2.08. The van der Waals surface area contributed by atoms with Gasteiger partial charge < -0.3 is 9.47 Å². The van der Waals surface area contributed by atoms with E-state index in [1.807, 2.05) is 50.2 Å². The van der Waals surface area contributed by atoms with Crippen LogP contribution in [0, 0.1) is 5.92 Å². The molecule has 3 heteroatoms. The van der Waals surface area contributed by atoms with Crippen LogP contribution in [-0.2, 0) is 4.74 Å². The lowest BCUT2D eigenvalue weighted by Crippen LogP contribution is -2.34. The molecule has 0 radical (unpaired) electrons. The van der Waals surface area contributed by atoms with Gasteiger partial charge in [0.15, 0.2) is 0 Å². The van der Waals surface area contributed by atoms with E-state index in [4.69, 9.17) is 9.47 Å². The summed E-state index contributed by atoms with van der Waals surface area (Å²) in [5.74, 6) is 0.443. The van der Waals surface area contributed by atoms with Gasteiger partial charge in [-0.3, -0.25) is 0 Å². The molecule has 0 aliphatic carbocycles. The summed E-state index contributed by atoms with van der Waals surface area (Å²) in [4.78, 5) is 11.9. The maximum atomic E-state index is 11.9. The molecule has 0 N–H and O–H groups in total. The van der Waals surface area contributed by atoms with Crippen molar-refractivity contribution in [1.82, 2.24) is 0 Å². The maximum Gasteiger partial charge on any atom is 0.345 e. The van der Waals surface area contributed by atoms with Crippen LogP contribution in [0.5, 0.6) is 5.75 Å². The van der Waals surface area contributed by atoms with Gasteiger partial charge in [0.2, 0.25) is 6.29 Å². The highest BCUT2D eigenvalue weighted by atomic mass is 16.7. The fourth-order valence-corrected chi connectivity index (χ4v) is 2.07. The minimum Gasteiger partial charge on any atom is -0.454 e. The number of ether oxygens (including phenoxy) is 2. The van der Waals surface area contributed by atoms with Crippen molar-refractivity contribution in [2.24, 2.45) is 5.92 Å². The number of carbonyl (C=O) groups excluding carboxylic acids is 1. The fourth-order valence-electron chi connectivity index (χ4n) is 2.07. The molecule has 2 aromatic rings. The van der Waals surface area contributed by atoms with Gasteiger partial charge in [-0.15, -0.1) is 0 Å². The number of carbonyl (C=O) groups is 1. The van der Waals surface area contributed by atoms with E-state index < -0.39 is 6.29 Å². The highest BCUT2D eigenvalue weighted by molar-refractivity contribution is 5.99. The molecule has 0 bridgehead atoms. The normalized spacial score (nSPS) is 18.4. The molecule has 0 unspecified atom stereocenters. The number of benzene rings is 2. The fraction of sp³-hybridized carbons (Fsp3) is 0.267. The second-order valence-electron chi connectivity index (χ2n) is 4.83. The summed E-state index contributed by atoms with van der Waals surface area (Å²) in [6, 6.07) is 11.6. The second-order valence-corrected chi connectivity index (χ2v) is 4.83. The maximum absolute atomic E-state index is 11.9. The van der Waals surface area contributed by atoms with E-state index in [1.54, 1.807) is 0 Å². The van der Waals surface area contributed by atoms with E-state index in [1.165, 1.54) is 0 Å². The Morgan fingerprint density at radius 1 is 1.06 bits per heavy atom. The lowest BCUT2D eigenvalue weighted by Gasteiger charge is -2.28. The van der Waals surface area contributed by atoms with E-state index in [0.717, 1.165) is 10.8 Å². The molecule has 0 saturated heterocycles. The van der Waals surface area contributed by atoms with Crippen molar-refractivity contribution in [2.75, 3.05) is 0 Å². The van der Waals surface area contributed by atoms with Gasteiger partial charge >= 0.3 is 5.97 Å². The summed E-state index contributed by atoms with van der Waals surface area (Å²) in [6.07, 6.45) is -0.494. The summed E-state index contributed by atoms with van der Waals surface area (Å²) >= 11 is 0. The summed E-state index contributed by atoms with van der Waals surface area (Å²) in [5.41, 5.74) is 0.505. The highest BCUT2D eigenvalue weighted by Gasteiger charge is 2.29. The Morgan fingerprint density at radius 2 is 1.72 bits per heavy atom. The number of cyclic esters (lactones) is 1. The molecular weight excluding hydrogens is 228 g/mol. The third-order valence-corrected chi connectivity index (χ3v) is 3.08. The van der Waals surface area contributed by atoms with Crippen LogP contribution in [0.3, 0.4) is 0 Å². The predicted octanol–water partition coefficient (Wildman–Crippen LogP) is 3.37. The van der Waals surface area contributed by atoms with Gasteiger partial charge in [0.25, 0.3) is 0 Å². The molecule has 1 aliphatic rings. The molecule has 18 heavy (non-hydrogen) atoms. The van der Waals surface area contributed by atoms with E-state index in [9.17, 15) is 4.79 Å².